The van der Waals surface area contributed by atoms with Crippen LogP contribution in [0.15, 0.2) is 108 Å². The van der Waals surface area contributed by atoms with Gasteiger partial charge < -0.3 is 9.30 Å². The molecule has 0 aliphatic carbocycles. The molecule has 0 radical (unpaired) electrons. The highest BCUT2D eigenvalue weighted by molar-refractivity contribution is 5.67. The Labute approximate surface area is 235 Å². The molecule has 0 unspecified atom stereocenters. The van der Waals surface area contributed by atoms with Gasteiger partial charge in [-0.3, -0.25) is 4.79 Å². The zero-order chi connectivity index (χ0) is 29.1. The van der Waals surface area contributed by atoms with Crippen LogP contribution in [0.25, 0.3) is 27.2 Å². The summed E-state index contributed by atoms with van der Waals surface area (Å²) in [6.45, 7) is 11.2. The molecule has 1 heterocycles. The van der Waals surface area contributed by atoms with Crippen LogP contribution in [0.4, 0.5) is 18.9 Å². The van der Waals surface area contributed by atoms with Gasteiger partial charge in [0.15, 0.2) is 0 Å². The lowest BCUT2D eigenvalue weighted by molar-refractivity contribution is -0.136. The van der Waals surface area contributed by atoms with Crippen molar-refractivity contribution in [1.29, 1.82) is 0 Å². The molecule has 5 rings (SSSR count). The summed E-state index contributed by atoms with van der Waals surface area (Å²) < 4.78 is 48.9. The van der Waals surface area contributed by atoms with Crippen LogP contribution in [0.3, 0.4) is 0 Å². The van der Waals surface area contributed by atoms with E-state index in [0.29, 0.717) is 17.1 Å². The van der Waals surface area contributed by atoms with Gasteiger partial charge in [0.2, 0.25) is 0 Å². The normalized spacial score (nSPS) is 11.2. The van der Waals surface area contributed by atoms with Crippen LogP contribution in [0.5, 0.6) is 11.5 Å². The summed E-state index contributed by atoms with van der Waals surface area (Å²) in [7, 11) is 0. The zero-order valence-corrected chi connectivity index (χ0v) is 22.4. The molecule has 0 N–H and O–H groups in total. The molecule has 4 aromatic carbocycles. The maximum Gasteiger partial charge on any atom is 0.407 e. The van der Waals surface area contributed by atoms with E-state index in [1.165, 1.54) is 4.57 Å². The molecule has 0 amide bonds. The molecule has 0 aliphatic heterocycles. The first-order chi connectivity index (χ1) is 19.6. The third kappa shape index (κ3) is 5.92. The summed E-state index contributed by atoms with van der Waals surface area (Å²) in [5.74, 6) is 1.09. The number of alkyl halides is 3. The number of aromatic nitrogens is 1. The van der Waals surface area contributed by atoms with Crippen LogP contribution in [0.1, 0.15) is 22.3 Å². The van der Waals surface area contributed by atoms with Gasteiger partial charge in [0.05, 0.1) is 18.7 Å². The van der Waals surface area contributed by atoms with E-state index in [4.69, 9.17) is 11.3 Å². The number of nitrogens with zero attached hydrogens (tertiary/aromatic N) is 2. The van der Waals surface area contributed by atoms with Crippen LogP contribution in [-0.2, 0) is 12.7 Å². The topological polar surface area (TPSA) is 35.6 Å². The van der Waals surface area contributed by atoms with Gasteiger partial charge in [-0.25, -0.2) is 4.85 Å². The molecular weight excluding hydrogens is 525 g/mol. The highest BCUT2D eigenvalue weighted by Crippen LogP contribution is 2.38. The molecule has 204 valence electrons. The van der Waals surface area contributed by atoms with Gasteiger partial charge >= 0.3 is 6.18 Å². The van der Waals surface area contributed by atoms with Crippen molar-refractivity contribution < 1.29 is 17.9 Å². The Morgan fingerprint density at radius 2 is 1.37 bits per heavy atom. The minimum absolute atomic E-state index is 0.0208. The summed E-state index contributed by atoms with van der Waals surface area (Å²) >= 11 is 0. The standard InChI is InChI=1S/C34H25F3N2O2/c1-22-9-10-27(23(2)19-22)21-39-31(20-30(34(35,36)37)32(38-3)33(39)40)26-13-17-29(18-14-26)41-28-15-11-25(12-16-28)24-7-5-4-6-8-24/h4-20H,21H2,1-2H3. The average Bonchev–Trinajstić information content (AvgIpc) is 2.96. The Bertz CT molecular complexity index is 1800. The molecular formula is C34H25F3N2O2. The number of ether oxygens (including phenoxy) is 1. The molecule has 0 saturated heterocycles. The molecule has 0 atom stereocenters. The quantitative estimate of drug-likeness (QED) is 0.198. The van der Waals surface area contributed by atoms with Crippen LogP contribution < -0.4 is 10.3 Å². The van der Waals surface area contributed by atoms with E-state index in [-0.39, 0.29) is 12.2 Å². The first kappa shape index (κ1) is 27.5. The lowest BCUT2D eigenvalue weighted by Crippen LogP contribution is -2.25. The largest absolute Gasteiger partial charge is 0.457 e. The minimum atomic E-state index is -4.86. The predicted molar refractivity (Wildman–Crippen MR) is 154 cm³/mol. The van der Waals surface area contributed by atoms with Crippen molar-refractivity contribution in [2.24, 2.45) is 0 Å². The van der Waals surface area contributed by atoms with E-state index in [1.54, 1.807) is 24.3 Å². The number of aryl methyl sites for hydroxylation is 2. The molecule has 0 bridgehead atoms. The smallest absolute Gasteiger partial charge is 0.407 e. The Hall–Kier alpha value is -5.09. The Kier molecular flexibility index (Phi) is 7.50. The summed E-state index contributed by atoms with van der Waals surface area (Å²) in [6.07, 6.45) is -4.86. The van der Waals surface area contributed by atoms with Gasteiger partial charge in [-0.15, -0.1) is 0 Å². The Morgan fingerprint density at radius 1 is 0.780 bits per heavy atom. The monoisotopic (exact) mass is 550 g/mol. The lowest BCUT2D eigenvalue weighted by Gasteiger charge is -2.19. The van der Waals surface area contributed by atoms with Gasteiger partial charge in [0.25, 0.3) is 11.2 Å². The van der Waals surface area contributed by atoms with E-state index in [2.05, 4.69) is 4.85 Å². The number of halogens is 3. The van der Waals surface area contributed by atoms with Gasteiger partial charge in [0, 0.05) is 5.69 Å². The predicted octanol–water partition coefficient (Wildman–Crippen LogP) is 9.21. The SMILES string of the molecule is [C-]#[N+]c1c(C(F)(F)F)cc(-c2ccc(Oc3ccc(-c4ccccc4)cc3)cc2)n(Cc2ccc(C)cc2C)c1=O. The zero-order valence-electron chi connectivity index (χ0n) is 22.4. The fourth-order valence-electron chi connectivity index (χ4n) is 4.73. The van der Waals surface area contributed by atoms with E-state index in [9.17, 15) is 18.0 Å². The summed E-state index contributed by atoms with van der Waals surface area (Å²) in [4.78, 5) is 16.3. The molecule has 0 aliphatic rings. The maximum atomic E-state index is 13.9. The molecule has 7 heteroatoms. The lowest BCUT2D eigenvalue weighted by atomic mass is 10.0. The molecule has 0 saturated carbocycles. The van der Waals surface area contributed by atoms with Crippen molar-refractivity contribution in [3.05, 3.63) is 147 Å². The van der Waals surface area contributed by atoms with Crippen LogP contribution in [0, 0.1) is 20.4 Å². The molecule has 5 aromatic rings. The average molecular weight is 551 g/mol. The highest BCUT2D eigenvalue weighted by Gasteiger charge is 2.36. The van der Waals surface area contributed by atoms with Crippen LogP contribution >= 0.6 is 0 Å². The second-order valence-electron chi connectivity index (χ2n) is 9.74. The second-order valence-corrected chi connectivity index (χ2v) is 9.74. The maximum absolute atomic E-state index is 13.9. The summed E-state index contributed by atoms with van der Waals surface area (Å²) in [5.41, 5.74) is 2.10. The van der Waals surface area contributed by atoms with Crippen molar-refractivity contribution in [3.8, 4) is 33.9 Å². The Balaban J connectivity index is 1.50. The second kappa shape index (κ2) is 11.2. The number of hydrogen-bond donors (Lipinski definition) is 0. The van der Waals surface area contributed by atoms with Crippen LogP contribution in [-0.4, -0.2) is 4.57 Å². The first-order valence-corrected chi connectivity index (χ1v) is 12.9. The summed E-state index contributed by atoms with van der Waals surface area (Å²) in [5, 5.41) is 0. The van der Waals surface area contributed by atoms with Gasteiger partial charge in [-0.2, -0.15) is 13.2 Å². The number of rotatable bonds is 6. The molecule has 41 heavy (non-hydrogen) atoms. The van der Waals surface area contributed by atoms with Crippen molar-refractivity contribution in [1.82, 2.24) is 4.57 Å². The van der Waals surface area contributed by atoms with Crippen molar-refractivity contribution in [2.75, 3.05) is 0 Å². The minimum Gasteiger partial charge on any atom is -0.457 e. The van der Waals surface area contributed by atoms with Crippen LogP contribution in [0.2, 0.25) is 0 Å². The fraction of sp³-hybridized carbons (Fsp3) is 0.118. The number of hydrogen-bond acceptors (Lipinski definition) is 2. The van der Waals surface area contributed by atoms with Gasteiger partial charge in [-0.05, 0) is 84.1 Å². The van der Waals surface area contributed by atoms with Gasteiger partial charge in [-0.1, -0.05) is 66.2 Å². The molecule has 0 fully saturated rings. The van der Waals surface area contributed by atoms with E-state index >= 15 is 0 Å². The Morgan fingerprint density at radius 3 is 1.93 bits per heavy atom. The summed E-state index contributed by atoms with van der Waals surface area (Å²) in [6, 6.07) is 30.6. The fourth-order valence-corrected chi connectivity index (χ4v) is 4.73. The first-order valence-electron chi connectivity index (χ1n) is 12.9. The molecule has 4 nitrogen and oxygen atoms in total. The third-order valence-corrected chi connectivity index (χ3v) is 6.87. The van der Waals surface area contributed by atoms with Crippen molar-refractivity contribution in [2.45, 2.75) is 26.6 Å². The van der Waals surface area contributed by atoms with E-state index in [0.717, 1.165) is 33.9 Å². The number of pyridine rings is 1. The van der Waals surface area contributed by atoms with Crippen molar-refractivity contribution >= 4 is 5.69 Å². The molecule has 0 spiro atoms. The molecule has 1 aromatic heterocycles. The number of benzene rings is 4. The highest BCUT2D eigenvalue weighted by atomic mass is 19.4. The van der Waals surface area contributed by atoms with E-state index < -0.39 is 23.0 Å². The van der Waals surface area contributed by atoms with Crippen molar-refractivity contribution in [3.63, 3.8) is 0 Å². The van der Waals surface area contributed by atoms with E-state index in [1.807, 2.05) is 86.6 Å². The third-order valence-electron chi connectivity index (χ3n) is 6.87. The van der Waals surface area contributed by atoms with Gasteiger partial charge in [0.1, 0.15) is 11.5 Å².